The van der Waals surface area contributed by atoms with E-state index in [-0.39, 0.29) is 0 Å². The fourth-order valence-corrected chi connectivity index (χ4v) is 2.65. The molecule has 1 aliphatic heterocycles. The Balaban J connectivity index is 1.95. The summed E-state index contributed by atoms with van der Waals surface area (Å²) in [6.07, 6.45) is 3.87. The minimum atomic E-state index is 0.359. The number of hydrogen-bond acceptors (Lipinski definition) is 4. The van der Waals surface area contributed by atoms with Gasteiger partial charge in [-0.2, -0.15) is 0 Å². The van der Waals surface area contributed by atoms with E-state index in [1.165, 1.54) is 12.8 Å². The lowest BCUT2D eigenvalue weighted by Gasteiger charge is -2.33. The van der Waals surface area contributed by atoms with Crippen LogP contribution in [-0.4, -0.2) is 37.3 Å². The van der Waals surface area contributed by atoms with Gasteiger partial charge in [0.2, 0.25) is 0 Å². The number of ether oxygens (including phenoxy) is 1. The lowest BCUT2D eigenvalue weighted by molar-refractivity contribution is 0.0525. The summed E-state index contributed by atoms with van der Waals surface area (Å²) in [7, 11) is 0. The molecule has 0 radical (unpaired) electrons. The standard InChI is InChI=1S/C16H27N3O/c1-3-10-17-12-14-7-5-9-16(18-14)19-11-6-8-15(13-19)20-4-2/h5,7,9,15,17H,3-4,6,8,10-13H2,1-2H3. The summed E-state index contributed by atoms with van der Waals surface area (Å²) in [5.74, 6) is 1.09. The molecule has 0 aromatic carbocycles. The highest BCUT2D eigenvalue weighted by molar-refractivity contribution is 5.40. The Hall–Kier alpha value is -1.13. The maximum Gasteiger partial charge on any atom is 0.128 e. The minimum absolute atomic E-state index is 0.359. The number of nitrogens with zero attached hydrogens (tertiary/aromatic N) is 2. The Morgan fingerprint density at radius 3 is 3.10 bits per heavy atom. The molecule has 112 valence electrons. The molecular weight excluding hydrogens is 250 g/mol. The second kappa shape index (κ2) is 8.22. The predicted octanol–water partition coefficient (Wildman–Crippen LogP) is 2.59. The van der Waals surface area contributed by atoms with Gasteiger partial charge < -0.3 is 15.0 Å². The fraction of sp³-hybridized carbons (Fsp3) is 0.688. The molecule has 1 fully saturated rings. The predicted molar refractivity (Wildman–Crippen MR) is 83.1 cm³/mol. The van der Waals surface area contributed by atoms with Crippen LogP contribution in [0, 0.1) is 0 Å². The van der Waals surface area contributed by atoms with Crippen LogP contribution in [-0.2, 0) is 11.3 Å². The molecule has 0 bridgehead atoms. The van der Waals surface area contributed by atoms with Crippen LogP contribution >= 0.6 is 0 Å². The first kappa shape index (κ1) is 15.3. The summed E-state index contributed by atoms with van der Waals surface area (Å²) in [6.45, 7) is 8.99. The van der Waals surface area contributed by atoms with Crippen LogP contribution in [0.4, 0.5) is 5.82 Å². The Morgan fingerprint density at radius 1 is 1.40 bits per heavy atom. The number of rotatable bonds is 7. The zero-order valence-corrected chi connectivity index (χ0v) is 12.8. The normalized spacial score (nSPS) is 19.3. The molecule has 1 aromatic rings. The van der Waals surface area contributed by atoms with E-state index in [1.807, 2.05) is 0 Å². The summed E-state index contributed by atoms with van der Waals surface area (Å²) in [4.78, 5) is 7.12. The van der Waals surface area contributed by atoms with Crippen molar-refractivity contribution in [2.45, 2.75) is 45.8 Å². The summed E-state index contributed by atoms with van der Waals surface area (Å²) in [5, 5.41) is 3.40. The van der Waals surface area contributed by atoms with Gasteiger partial charge in [0.15, 0.2) is 0 Å². The zero-order valence-electron chi connectivity index (χ0n) is 12.8. The Kier molecular flexibility index (Phi) is 6.27. The van der Waals surface area contributed by atoms with E-state index >= 15 is 0 Å². The van der Waals surface area contributed by atoms with Gasteiger partial charge in [-0.15, -0.1) is 0 Å². The summed E-state index contributed by atoms with van der Waals surface area (Å²) < 4.78 is 5.76. The first-order chi connectivity index (χ1) is 9.83. The molecule has 1 saturated heterocycles. The van der Waals surface area contributed by atoms with E-state index in [2.05, 4.69) is 42.3 Å². The SMILES string of the molecule is CCCNCc1cccc(N2CCCC(OCC)C2)n1. The van der Waals surface area contributed by atoms with Crippen molar-refractivity contribution in [3.05, 3.63) is 23.9 Å². The molecule has 4 nitrogen and oxygen atoms in total. The highest BCUT2D eigenvalue weighted by Crippen LogP contribution is 2.19. The number of piperidine rings is 1. The van der Waals surface area contributed by atoms with Crippen molar-refractivity contribution in [1.29, 1.82) is 0 Å². The number of nitrogens with one attached hydrogen (secondary N) is 1. The second-order valence-electron chi connectivity index (χ2n) is 5.33. The lowest BCUT2D eigenvalue weighted by atomic mass is 10.1. The van der Waals surface area contributed by atoms with Gasteiger partial charge in [-0.25, -0.2) is 4.98 Å². The van der Waals surface area contributed by atoms with Gasteiger partial charge in [0, 0.05) is 26.2 Å². The second-order valence-corrected chi connectivity index (χ2v) is 5.33. The average Bonchev–Trinajstić information content (AvgIpc) is 2.49. The monoisotopic (exact) mass is 277 g/mol. The molecule has 0 saturated carbocycles. The highest BCUT2D eigenvalue weighted by Gasteiger charge is 2.21. The van der Waals surface area contributed by atoms with Crippen LogP contribution in [0.3, 0.4) is 0 Å². The Morgan fingerprint density at radius 2 is 2.30 bits per heavy atom. The highest BCUT2D eigenvalue weighted by atomic mass is 16.5. The van der Waals surface area contributed by atoms with Crippen LogP contribution in [0.15, 0.2) is 18.2 Å². The fourth-order valence-electron chi connectivity index (χ4n) is 2.65. The van der Waals surface area contributed by atoms with Crippen molar-refractivity contribution in [1.82, 2.24) is 10.3 Å². The van der Waals surface area contributed by atoms with Crippen molar-refractivity contribution in [2.75, 3.05) is 31.1 Å². The summed E-state index contributed by atoms with van der Waals surface area (Å²) in [6, 6.07) is 6.31. The van der Waals surface area contributed by atoms with Gasteiger partial charge in [0.25, 0.3) is 0 Å². The van der Waals surface area contributed by atoms with Gasteiger partial charge in [-0.1, -0.05) is 13.0 Å². The van der Waals surface area contributed by atoms with E-state index in [0.29, 0.717) is 6.10 Å². The maximum absolute atomic E-state index is 5.76. The average molecular weight is 277 g/mol. The van der Waals surface area contributed by atoms with E-state index in [0.717, 1.165) is 50.7 Å². The smallest absolute Gasteiger partial charge is 0.128 e. The summed E-state index contributed by atoms with van der Waals surface area (Å²) >= 11 is 0. The molecule has 0 aliphatic carbocycles. The lowest BCUT2D eigenvalue weighted by Crippen LogP contribution is -2.40. The molecule has 1 aromatic heterocycles. The van der Waals surface area contributed by atoms with E-state index in [4.69, 9.17) is 9.72 Å². The van der Waals surface area contributed by atoms with Crippen LogP contribution < -0.4 is 10.2 Å². The topological polar surface area (TPSA) is 37.4 Å². The van der Waals surface area contributed by atoms with Crippen molar-refractivity contribution in [3.63, 3.8) is 0 Å². The molecule has 1 aliphatic rings. The third-order valence-corrected chi connectivity index (χ3v) is 3.63. The van der Waals surface area contributed by atoms with Gasteiger partial charge in [-0.05, 0) is 44.9 Å². The number of pyridine rings is 1. The molecule has 1 unspecified atom stereocenters. The van der Waals surface area contributed by atoms with Crippen molar-refractivity contribution in [2.24, 2.45) is 0 Å². The number of aromatic nitrogens is 1. The first-order valence-corrected chi connectivity index (χ1v) is 7.86. The number of anilines is 1. The van der Waals surface area contributed by atoms with Crippen LogP contribution in [0.1, 0.15) is 38.8 Å². The first-order valence-electron chi connectivity index (χ1n) is 7.86. The molecule has 1 atom stereocenters. The molecule has 4 heteroatoms. The molecule has 0 spiro atoms. The van der Waals surface area contributed by atoms with Gasteiger partial charge in [-0.3, -0.25) is 0 Å². The maximum atomic E-state index is 5.76. The zero-order chi connectivity index (χ0) is 14.2. The van der Waals surface area contributed by atoms with E-state index in [9.17, 15) is 0 Å². The molecule has 0 amide bonds. The minimum Gasteiger partial charge on any atom is -0.377 e. The summed E-state index contributed by atoms with van der Waals surface area (Å²) in [5.41, 5.74) is 1.12. The van der Waals surface area contributed by atoms with E-state index in [1.54, 1.807) is 0 Å². The van der Waals surface area contributed by atoms with Crippen LogP contribution in [0.5, 0.6) is 0 Å². The Labute approximate surface area is 122 Å². The van der Waals surface area contributed by atoms with Crippen molar-refractivity contribution in [3.8, 4) is 0 Å². The van der Waals surface area contributed by atoms with Gasteiger partial charge >= 0.3 is 0 Å². The third-order valence-electron chi connectivity index (χ3n) is 3.63. The largest absolute Gasteiger partial charge is 0.377 e. The third kappa shape index (κ3) is 4.46. The van der Waals surface area contributed by atoms with Crippen molar-refractivity contribution < 1.29 is 4.74 Å². The molecule has 2 heterocycles. The molecule has 2 rings (SSSR count). The van der Waals surface area contributed by atoms with Crippen LogP contribution in [0.25, 0.3) is 0 Å². The van der Waals surface area contributed by atoms with Gasteiger partial charge in [0.05, 0.1) is 11.8 Å². The number of hydrogen-bond donors (Lipinski definition) is 1. The molecule has 1 N–H and O–H groups in total. The van der Waals surface area contributed by atoms with Gasteiger partial charge in [0.1, 0.15) is 5.82 Å². The van der Waals surface area contributed by atoms with Crippen LogP contribution in [0.2, 0.25) is 0 Å². The molecular formula is C16H27N3O. The molecule has 20 heavy (non-hydrogen) atoms. The quantitative estimate of drug-likeness (QED) is 0.777. The van der Waals surface area contributed by atoms with E-state index < -0.39 is 0 Å². The van der Waals surface area contributed by atoms with Crippen molar-refractivity contribution >= 4 is 5.82 Å². The Bertz CT molecular complexity index is 395.